The molecule has 3 rings (SSSR count). The molecule has 8 nitrogen and oxygen atoms in total. The Morgan fingerprint density at radius 2 is 1.92 bits per heavy atom. The number of rotatable bonds is 3. The number of carboxylic acids is 1. The van der Waals surface area contributed by atoms with Gasteiger partial charge in [0.05, 0.1) is 12.7 Å². The van der Waals surface area contributed by atoms with E-state index in [1.807, 2.05) is 0 Å². The van der Waals surface area contributed by atoms with E-state index in [1.165, 1.54) is 33.8 Å². The van der Waals surface area contributed by atoms with Crippen LogP contribution >= 0.6 is 0 Å². The first-order valence-electron chi connectivity index (χ1n) is 7.33. The number of benzene rings is 1. The molecule has 1 amide bonds. The number of hydrogen-bond acceptors (Lipinski definition) is 5. The predicted molar refractivity (Wildman–Crippen MR) is 83.4 cm³/mol. The number of pyridine rings is 1. The number of aromatic hydroxyl groups is 1. The molecule has 1 aliphatic heterocycles. The van der Waals surface area contributed by atoms with Crippen LogP contribution in [0.3, 0.4) is 0 Å². The zero-order valence-electron chi connectivity index (χ0n) is 13.1. The number of aromatic nitrogens is 1. The lowest BCUT2D eigenvalue weighted by Gasteiger charge is -2.35. The quantitative estimate of drug-likeness (QED) is 0.766. The predicted octanol–water partition coefficient (Wildman–Crippen LogP) is 1.07. The minimum absolute atomic E-state index is 0.0672. The van der Waals surface area contributed by atoms with Gasteiger partial charge in [-0.1, -0.05) is 12.1 Å². The zero-order chi connectivity index (χ0) is 18.3. The van der Waals surface area contributed by atoms with Gasteiger partial charge in [-0.3, -0.25) is 14.6 Å². The van der Waals surface area contributed by atoms with Gasteiger partial charge >= 0.3 is 5.97 Å². The summed E-state index contributed by atoms with van der Waals surface area (Å²) in [5.41, 5.74) is 1.42. The minimum Gasteiger partial charge on any atom is -0.503 e. The minimum atomic E-state index is -1.50. The van der Waals surface area contributed by atoms with Crippen molar-refractivity contribution in [3.63, 3.8) is 0 Å². The summed E-state index contributed by atoms with van der Waals surface area (Å²) in [7, 11) is 0. The molecule has 0 spiro atoms. The third kappa shape index (κ3) is 2.85. The molecule has 1 unspecified atom stereocenters. The highest BCUT2D eigenvalue weighted by Gasteiger charge is 2.33. The van der Waals surface area contributed by atoms with Gasteiger partial charge in [0.1, 0.15) is 11.4 Å². The molecule has 1 atom stereocenters. The summed E-state index contributed by atoms with van der Waals surface area (Å²) in [6.07, 6.45) is 0.419. The summed E-state index contributed by atoms with van der Waals surface area (Å²) in [5.74, 6) is -3.52. The third-order valence-electron chi connectivity index (χ3n) is 3.90. The monoisotopic (exact) mass is 347 g/mol. The lowest BCUT2D eigenvalue weighted by Crippen LogP contribution is -2.51. The van der Waals surface area contributed by atoms with E-state index < -0.39 is 40.6 Å². The molecule has 1 aromatic heterocycles. The van der Waals surface area contributed by atoms with E-state index >= 15 is 0 Å². The highest BCUT2D eigenvalue weighted by molar-refractivity contribution is 5.97. The van der Waals surface area contributed by atoms with Crippen LogP contribution in [0.1, 0.15) is 39.5 Å². The topological polar surface area (TPSA) is 112 Å². The lowest BCUT2D eigenvalue weighted by atomic mass is 10.1. The van der Waals surface area contributed by atoms with E-state index in [1.54, 1.807) is 6.92 Å². The summed E-state index contributed by atoms with van der Waals surface area (Å²) in [5, 5.41) is 20.3. The van der Waals surface area contributed by atoms with Crippen LogP contribution in [0.15, 0.2) is 35.3 Å². The second-order valence-corrected chi connectivity index (χ2v) is 5.60. The number of hydrogen-bond donors (Lipinski definition) is 3. The SMILES string of the molecule is CC1NN(Cc2ccc(F)cc2)C(=O)c2c(O)c(=O)c(C(=O)O)cn21. The third-order valence-corrected chi connectivity index (χ3v) is 3.90. The maximum Gasteiger partial charge on any atom is 0.341 e. The second kappa shape index (κ2) is 6.02. The number of carbonyl (C=O) groups is 2. The maximum atomic E-state index is 13.0. The molecule has 25 heavy (non-hydrogen) atoms. The normalized spacial score (nSPS) is 16.6. The highest BCUT2D eigenvalue weighted by atomic mass is 19.1. The fourth-order valence-electron chi connectivity index (χ4n) is 2.65. The molecule has 9 heteroatoms. The standard InChI is InChI=1S/C16H14FN3O5/c1-8-18-20(6-9-2-4-10(17)5-3-9)15(23)12-14(22)13(21)11(16(24)25)7-19(8)12/h2-5,7-8,18,22H,6H2,1H3,(H,24,25). The Bertz CT molecular complexity index is 923. The van der Waals surface area contributed by atoms with E-state index in [2.05, 4.69) is 5.43 Å². The smallest absolute Gasteiger partial charge is 0.341 e. The molecule has 3 N–H and O–H groups in total. The molecule has 0 fully saturated rings. The van der Waals surface area contributed by atoms with Crippen LogP contribution in [0.25, 0.3) is 0 Å². The number of halogens is 1. The Kier molecular flexibility index (Phi) is 4.01. The Morgan fingerprint density at radius 3 is 2.52 bits per heavy atom. The summed E-state index contributed by atoms with van der Waals surface area (Å²) in [4.78, 5) is 35.7. The lowest BCUT2D eigenvalue weighted by molar-refractivity contribution is 0.0451. The van der Waals surface area contributed by atoms with E-state index in [4.69, 9.17) is 5.11 Å². The van der Waals surface area contributed by atoms with Gasteiger partial charge in [-0.05, 0) is 24.6 Å². The highest BCUT2D eigenvalue weighted by Crippen LogP contribution is 2.24. The van der Waals surface area contributed by atoms with Crippen molar-refractivity contribution in [1.29, 1.82) is 0 Å². The van der Waals surface area contributed by atoms with Crippen LogP contribution in [0.5, 0.6) is 5.75 Å². The molecular formula is C16H14FN3O5. The molecule has 0 saturated carbocycles. The molecule has 0 radical (unpaired) electrons. The van der Waals surface area contributed by atoms with Gasteiger partial charge in [0.2, 0.25) is 5.43 Å². The zero-order valence-corrected chi connectivity index (χ0v) is 13.1. The number of carbonyl (C=O) groups excluding carboxylic acids is 1. The maximum absolute atomic E-state index is 13.0. The number of amides is 1. The summed E-state index contributed by atoms with van der Waals surface area (Å²) >= 11 is 0. The molecule has 2 aromatic rings. The first-order valence-corrected chi connectivity index (χ1v) is 7.33. The molecule has 0 aliphatic carbocycles. The number of fused-ring (bicyclic) bond motifs is 1. The fraction of sp³-hybridized carbons (Fsp3) is 0.188. The largest absolute Gasteiger partial charge is 0.503 e. The van der Waals surface area contributed by atoms with Gasteiger partial charge in [0.15, 0.2) is 11.4 Å². The number of aromatic carboxylic acids is 1. The van der Waals surface area contributed by atoms with Crippen LogP contribution in [-0.2, 0) is 6.54 Å². The van der Waals surface area contributed by atoms with Crippen molar-refractivity contribution in [2.75, 3.05) is 0 Å². The van der Waals surface area contributed by atoms with Gasteiger partial charge in [-0.25, -0.2) is 14.6 Å². The summed E-state index contributed by atoms with van der Waals surface area (Å²) < 4.78 is 14.2. The Morgan fingerprint density at radius 1 is 1.28 bits per heavy atom. The number of nitrogens with one attached hydrogen (secondary N) is 1. The molecule has 1 aliphatic rings. The molecular weight excluding hydrogens is 333 g/mol. The van der Waals surface area contributed by atoms with Crippen molar-refractivity contribution in [3.05, 3.63) is 63.3 Å². The first-order chi connectivity index (χ1) is 11.8. The Labute approximate surface area is 140 Å². The average molecular weight is 347 g/mol. The van der Waals surface area contributed by atoms with Gasteiger partial charge in [0, 0.05) is 6.20 Å². The van der Waals surface area contributed by atoms with Crippen LogP contribution in [0, 0.1) is 5.82 Å². The molecule has 2 heterocycles. The Hall–Kier alpha value is -3.20. The molecule has 1 aromatic carbocycles. The first kappa shape index (κ1) is 16.7. The fourth-order valence-corrected chi connectivity index (χ4v) is 2.65. The van der Waals surface area contributed by atoms with Crippen LogP contribution in [0.2, 0.25) is 0 Å². The summed E-state index contributed by atoms with van der Waals surface area (Å²) in [6.45, 7) is 1.70. The summed E-state index contributed by atoms with van der Waals surface area (Å²) in [6, 6.07) is 5.51. The van der Waals surface area contributed by atoms with Crippen molar-refractivity contribution in [3.8, 4) is 5.75 Å². The molecule has 0 saturated heterocycles. The molecule has 130 valence electrons. The van der Waals surface area contributed by atoms with E-state index in [-0.39, 0.29) is 12.2 Å². The van der Waals surface area contributed by atoms with Crippen molar-refractivity contribution in [2.24, 2.45) is 0 Å². The van der Waals surface area contributed by atoms with E-state index in [9.17, 15) is 23.9 Å². The van der Waals surface area contributed by atoms with Gasteiger partial charge in [-0.2, -0.15) is 0 Å². The number of carboxylic acid groups (broad SMARTS) is 1. The van der Waals surface area contributed by atoms with Crippen LogP contribution in [-0.4, -0.2) is 31.7 Å². The van der Waals surface area contributed by atoms with Crippen molar-refractivity contribution >= 4 is 11.9 Å². The second-order valence-electron chi connectivity index (χ2n) is 5.60. The van der Waals surface area contributed by atoms with E-state index in [0.29, 0.717) is 5.56 Å². The van der Waals surface area contributed by atoms with Crippen LogP contribution < -0.4 is 10.9 Å². The number of hydrazine groups is 1. The van der Waals surface area contributed by atoms with E-state index in [0.717, 1.165) is 6.20 Å². The average Bonchev–Trinajstić information content (AvgIpc) is 2.56. The van der Waals surface area contributed by atoms with Crippen molar-refractivity contribution in [2.45, 2.75) is 19.6 Å². The van der Waals surface area contributed by atoms with Gasteiger partial charge in [0.25, 0.3) is 5.91 Å². The van der Waals surface area contributed by atoms with Crippen LogP contribution in [0.4, 0.5) is 4.39 Å². The van der Waals surface area contributed by atoms with Gasteiger partial charge < -0.3 is 14.8 Å². The molecule has 0 bridgehead atoms. The van der Waals surface area contributed by atoms with Crippen molar-refractivity contribution < 1.29 is 24.2 Å². The van der Waals surface area contributed by atoms with Crippen molar-refractivity contribution in [1.82, 2.24) is 15.0 Å². The Balaban J connectivity index is 2.02. The van der Waals surface area contributed by atoms with Gasteiger partial charge in [-0.15, -0.1) is 0 Å². The number of nitrogens with zero attached hydrogens (tertiary/aromatic N) is 2.